The van der Waals surface area contributed by atoms with E-state index in [0.29, 0.717) is 0 Å². The molecule has 0 spiro atoms. The molecule has 2 heterocycles. The largest absolute Gasteiger partial charge is 0.490 e. The molecule has 1 aliphatic rings. The number of phosphoric acid groups is 3. The average Bonchev–Trinajstić information content (AvgIpc) is 3.41. The number of carbonyl (C=O) groups excluding carboxylic acids is 1. The number of aliphatic hydroxyl groups excluding tert-OH is 3. The Balaban J connectivity index is 2.17. The summed E-state index contributed by atoms with van der Waals surface area (Å²) in [5.41, 5.74) is 5.45. The van der Waals surface area contributed by atoms with E-state index < -0.39 is 90.5 Å². The number of nitrogens with zero attached hydrogens (tertiary/aromatic N) is 2. The molecule has 0 bridgehead atoms. The molecule has 1 aromatic rings. The van der Waals surface area contributed by atoms with Gasteiger partial charge in [0.05, 0.1) is 30.9 Å². The molecule has 0 saturated carbocycles. The number of ether oxygens (including phenoxy) is 1. The number of rotatable bonds is 14. The summed E-state index contributed by atoms with van der Waals surface area (Å²) in [4.78, 5) is 59.0. The Bertz CT molecular complexity index is 1300. The minimum Gasteiger partial charge on any atom is -0.394 e. The van der Waals surface area contributed by atoms with Crippen LogP contribution < -0.4 is 11.1 Å². The molecular formula is C17H27N4O17P3. The van der Waals surface area contributed by atoms with Gasteiger partial charge in [-0.15, -0.1) is 0 Å². The Labute approximate surface area is 230 Å². The minimum absolute atomic E-state index is 0.0500. The first kappa shape index (κ1) is 35.1. The van der Waals surface area contributed by atoms with E-state index in [2.05, 4.69) is 25.0 Å². The summed E-state index contributed by atoms with van der Waals surface area (Å²) in [5, 5.41) is 41.6. The third-order valence-electron chi connectivity index (χ3n) is 4.99. The zero-order valence-corrected chi connectivity index (χ0v) is 23.3. The van der Waals surface area contributed by atoms with Crippen LogP contribution in [0, 0.1) is 22.0 Å². The van der Waals surface area contributed by atoms with Crippen molar-refractivity contribution in [3.63, 3.8) is 0 Å². The first-order valence-electron chi connectivity index (χ1n) is 11.1. The number of carbonyl (C=O) groups is 1. The zero-order valence-electron chi connectivity index (χ0n) is 20.6. The molecule has 0 aliphatic carbocycles. The van der Waals surface area contributed by atoms with Crippen LogP contribution in [0.2, 0.25) is 0 Å². The van der Waals surface area contributed by atoms with Gasteiger partial charge >= 0.3 is 29.3 Å². The lowest BCUT2D eigenvalue weighted by molar-refractivity contribution is -0.393. The maximum absolute atomic E-state index is 12.2. The number of hydrogen-bond acceptors (Lipinski definition) is 14. The van der Waals surface area contributed by atoms with Gasteiger partial charge in [-0.2, -0.15) is 8.62 Å². The van der Waals surface area contributed by atoms with Crippen LogP contribution in [-0.2, 0) is 36.4 Å². The van der Waals surface area contributed by atoms with Crippen molar-refractivity contribution >= 4 is 35.2 Å². The summed E-state index contributed by atoms with van der Waals surface area (Å²) in [6, 6.07) is -0.448. The van der Waals surface area contributed by atoms with Crippen LogP contribution >= 0.6 is 23.5 Å². The number of aliphatic hydroxyl groups is 3. The van der Waals surface area contributed by atoms with Crippen molar-refractivity contribution < 1.29 is 76.2 Å². The summed E-state index contributed by atoms with van der Waals surface area (Å²) in [7, 11) is -17.2. The van der Waals surface area contributed by atoms with Gasteiger partial charge < -0.3 is 60.8 Å². The maximum atomic E-state index is 12.2. The van der Waals surface area contributed by atoms with Crippen LogP contribution in [0.25, 0.3) is 0 Å². The molecule has 1 saturated heterocycles. The predicted octanol–water partition coefficient (Wildman–Crippen LogP) is -1.73. The van der Waals surface area contributed by atoms with Crippen LogP contribution in [0.15, 0.2) is 12.3 Å². The second-order valence-corrected chi connectivity index (χ2v) is 12.6. The third kappa shape index (κ3) is 11.3. The van der Waals surface area contributed by atoms with E-state index in [-0.39, 0.29) is 18.4 Å². The SMILES string of the molecule is N[C@@H](CO)C(=O)NC(CCC#Cc1cc([N+](=O)[O-])n([C@H]2C[C@H](O)[C@@H](CO)O2)c1)OP(=O)(O)OP(=O)(O)OP(=O)(O)O. The maximum Gasteiger partial charge on any atom is 0.490 e. The van der Waals surface area contributed by atoms with E-state index in [1.165, 1.54) is 6.20 Å². The molecule has 41 heavy (non-hydrogen) atoms. The number of amides is 1. The molecule has 10 N–H and O–H groups in total. The molecule has 24 heteroatoms. The smallest absolute Gasteiger partial charge is 0.394 e. The summed E-state index contributed by atoms with van der Waals surface area (Å²) in [5.74, 6) is 3.54. The molecule has 0 radical (unpaired) electrons. The van der Waals surface area contributed by atoms with E-state index in [4.69, 9.17) is 25.4 Å². The van der Waals surface area contributed by atoms with Crippen molar-refractivity contribution in [1.82, 2.24) is 9.88 Å². The number of nitrogens with one attached hydrogen (secondary N) is 1. The Kier molecular flexibility index (Phi) is 12.3. The van der Waals surface area contributed by atoms with Gasteiger partial charge in [-0.1, -0.05) is 11.8 Å². The van der Waals surface area contributed by atoms with E-state index in [1.54, 1.807) is 0 Å². The van der Waals surface area contributed by atoms with Gasteiger partial charge in [0.2, 0.25) is 12.1 Å². The Morgan fingerprint density at radius 1 is 1.24 bits per heavy atom. The quantitative estimate of drug-likeness (QED) is 0.0354. The number of phosphoric ester groups is 1. The zero-order chi connectivity index (χ0) is 31.2. The standard InChI is InChI=1S/C17H27N4O17P3/c18-11(8-22)17(25)19-14(36-40(31,32)38-41(33,34)37-39(28,29)30)4-2-1-3-10-5-15(21(26)27)20(7-10)16-6-12(24)13(9-23)35-16/h5,7,11-14,16,22-24H,2,4,6,8-9,18H2,(H,19,25)(H,31,32)(H,33,34)(H2,28,29,30)/t11-,12-,13+,14?,16+/m0/s1. The Morgan fingerprint density at radius 2 is 1.90 bits per heavy atom. The fourth-order valence-electron chi connectivity index (χ4n) is 3.29. The first-order chi connectivity index (χ1) is 18.9. The highest BCUT2D eigenvalue weighted by Crippen LogP contribution is 2.66. The average molecular weight is 652 g/mol. The van der Waals surface area contributed by atoms with Crippen molar-refractivity contribution in [3.8, 4) is 11.8 Å². The van der Waals surface area contributed by atoms with Crippen molar-refractivity contribution in [2.45, 2.75) is 50.0 Å². The van der Waals surface area contributed by atoms with Crippen LogP contribution in [0.1, 0.15) is 31.1 Å². The molecule has 1 aliphatic heterocycles. The molecule has 2 rings (SSSR count). The molecule has 1 amide bonds. The molecule has 3 unspecified atom stereocenters. The molecule has 0 aromatic carbocycles. The van der Waals surface area contributed by atoms with Crippen LogP contribution in [0.4, 0.5) is 5.82 Å². The predicted molar refractivity (Wildman–Crippen MR) is 131 cm³/mol. The second kappa shape index (κ2) is 14.4. The monoisotopic (exact) mass is 652 g/mol. The Hall–Kier alpha value is -2.08. The van der Waals surface area contributed by atoms with E-state index >= 15 is 0 Å². The second-order valence-electron chi connectivity index (χ2n) is 8.19. The van der Waals surface area contributed by atoms with E-state index in [9.17, 15) is 48.6 Å². The Morgan fingerprint density at radius 3 is 2.44 bits per heavy atom. The molecule has 1 fully saturated rings. The van der Waals surface area contributed by atoms with Gasteiger partial charge in [0.15, 0.2) is 0 Å². The first-order valence-corrected chi connectivity index (χ1v) is 15.7. The lowest BCUT2D eigenvalue weighted by atomic mass is 10.2. The van der Waals surface area contributed by atoms with E-state index in [1.807, 2.05) is 5.32 Å². The minimum atomic E-state index is -5.86. The molecule has 7 atom stereocenters. The number of aromatic nitrogens is 1. The summed E-state index contributed by atoms with van der Waals surface area (Å²) in [6.07, 6.45) is -4.38. The highest BCUT2D eigenvalue weighted by molar-refractivity contribution is 7.66. The lowest BCUT2D eigenvalue weighted by Gasteiger charge is -2.23. The van der Waals surface area contributed by atoms with Gasteiger partial charge in [0.1, 0.15) is 24.6 Å². The summed E-state index contributed by atoms with van der Waals surface area (Å²) < 4.78 is 52.8. The summed E-state index contributed by atoms with van der Waals surface area (Å²) >= 11 is 0. The highest BCUT2D eigenvalue weighted by Gasteiger charge is 2.42. The fraction of sp³-hybridized carbons (Fsp3) is 0.588. The molecular weight excluding hydrogens is 625 g/mol. The number of nitrogens with two attached hydrogens (primary N) is 1. The fourth-order valence-corrected chi connectivity index (χ4v) is 6.43. The van der Waals surface area contributed by atoms with Gasteiger partial charge in [-0.05, 0) is 4.92 Å². The van der Waals surface area contributed by atoms with Gasteiger partial charge in [-0.25, -0.2) is 18.3 Å². The lowest BCUT2D eigenvalue weighted by Crippen LogP contribution is -2.47. The highest BCUT2D eigenvalue weighted by atomic mass is 31.3. The van der Waals surface area contributed by atoms with Crippen molar-refractivity contribution in [2.75, 3.05) is 13.2 Å². The van der Waals surface area contributed by atoms with Gasteiger partial charge in [0, 0.05) is 19.3 Å². The summed E-state index contributed by atoms with van der Waals surface area (Å²) in [6.45, 7) is -1.37. The van der Waals surface area contributed by atoms with Crippen molar-refractivity contribution in [1.29, 1.82) is 0 Å². The molecule has 21 nitrogen and oxygen atoms in total. The number of nitro groups is 1. The van der Waals surface area contributed by atoms with Crippen LogP contribution in [-0.4, -0.2) is 88.0 Å². The molecule has 232 valence electrons. The van der Waals surface area contributed by atoms with Crippen LogP contribution in [0.5, 0.6) is 0 Å². The van der Waals surface area contributed by atoms with Gasteiger partial charge in [0.25, 0.3) is 0 Å². The van der Waals surface area contributed by atoms with Crippen LogP contribution in [0.3, 0.4) is 0 Å². The number of hydrogen-bond donors (Lipinski definition) is 9. The van der Waals surface area contributed by atoms with Gasteiger partial charge in [-0.3, -0.25) is 9.32 Å². The normalized spacial score (nSPS) is 23.5. The molecule has 1 aromatic heterocycles. The van der Waals surface area contributed by atoms with Crippen molar-refractivity contribution in [3.05, 3.63) is 27.9 Å². The van der Waals surface area contributed by atoms with Crippen molar-refractivity contribution in [2.24, 2.45) is 5.73 Å². The van der Waals surface area contributed by atoms with E-state index in [0.717, 1.165) is 10.6 Å². The topological polar surface area (TPSA) is 333 Å². The third-order valence-corrected chi connectivity index (χ3v) is 8.83.